The van der Waals surface area contributed by atoms with Crippen LogP contribution in [0.4, 0.5) is 4.79 Å². The molecular formula is C22H26N4O. The van der Waals surface area contributed by atoms with Gasteiger partial charge in [-0.3, -0.25) is 4.98 Å². The highest BCUT2D eigenvalue weighted by atomic mass is 16.2. The van der Waals surface area contributed by atoms with E-state index >= 15 is 0 Å². The molecule has 1 unspecified atom stereocenters. The summed E-state index contributed by atoms with van der Waals surface area (Å²) >= 11 is 0. The number of carbonyl (C=O) groups excluding carboxylic acids is 1. The minimum Gasteiger partial charge on any atom is -0.361 e. The highest BCUT2D eigenvalue weighted by Gasteiger charge is 2.33. The standard InChI is InChI=1S/C22H26N4O/c1-3-19(21-6-4-5-15(2)24-21)25-22(27)26(18-8-9-18)14-16-7-10-20-17(13-16)11-12-23-20/h4-7,10-13,18-19,23H,3,8-9,14H2,1-2H3,(H,25,27). The molecule has 2 heterocycles. The van der Waals surface area contributed by atoms with Gasteiger partial charge in [-0.05, 0) is 67.5 Å². The van der Waals surface area contributed by atoms with E-state index in [1.54, 1.807) is 0 Å². The van der Waals surface area contributed by atoms with Crippen molar-refractivity contribution in [2.24, 2.45) is 0 Å². The summed E-state index contributed by atoms with van der Waals surface area (Å²) in [5, 5.41) is 4.38. The zero-order valence-electron chi connectivity index (χ0n) is 15.9. The number of hydrogen-bond donors (Lipinski definition) is 2. The minimum atomic E-state index is -0.0641. The van der Waals surface area contributed by atoms with Gasteiger partial charge in [-0.15, -0.1) is 0 Å². The minimum absolute atomic E-state index is 0.00169. The monoisotopic (exact) mass is 362 g/mol. The fraction of sp³-hybridized carbons (Fsp3) is 0.364. The van der Waals surface area contributed by atoms with Crippen molar-refractivity contribution in [1.82, 2.24) is 20.2 Å². The summed E-state index contributed by atoms with van der Waals surface area (Å²) < 4.78 is 0. The molecule has 5 nitrogen and oxygen atoms in total. The van der Waals surface area contributed by atoms with Gasteiger partial charge in [0.05, 0.1) is 11.7 Å². The van der Waals surface area contributed by atoms with Crippen LogP contribution in [0.1, 0.15) is 49.2 Å². The molecule has 1 aliphatic carbocycles. The van der Waals surface area contributed by atoms with Crippen LogP contribution in [-0.2, 0) is 6.54 Å². The molecule has 1 aromatic carbocycles. The number of fused-ring (bicyclic) bond motifs is 1. The Morgan fingerprint density at radius 3 is 2.89 bits per heavy atom. The largest absolute Gasteiger partial charge is 0.361 e. The average Bonchev–Trinajstić information content (AvgIpc) is 3.40. The molecular weight excluding hydrogens is 336 g/mol. The first kappa shape index (κ1) is 17.6. The number of aromatic amines is 1. The number of nitrogens with one attached hydrogen (secondary N) is 2. The second-order valence-corrected chi connectivity index (χ2v) is 7.37. The number of H-pyrrole nitrogens is 1. The van der Waals surface area contributed by atoms with Gasteiger partial charge in [0.1, 0.15) is 0 Å². The first-order valence-electron chi connectivity index (χ1n) is 9.70. The number of aromatic nitrogens is 2. The summed E-state index contributed by atoms with van der Waals surface area (Å²) in [4.78, 5) is 22.8. The van der Waals surface area contributed by atoms with Crippen molar-refractivity contribution in [3.63, 3.8) is 0 Å². The van der Waals surface area contributed by atoms with E-state index in [0.29, 0.717) is 12.6 Å². The molecule has 2 amide bonds. The molecule has 0 bridgehead atoms. The lowest BCUT2D eigenvalue weighted by Gasteiger charge is -2.26. The highest BCUT2D eigenvalue weighted by Crippen LogP contribution is 2.29. The van der Waals surface area contributed by atoms with Crippen molar-refractivity contribution in [2.45, 2.75) is 51.7 Å². The van der Waals surface area contributed by atoms with Crippen LogP contribution in [-0.4, -0.2) is 26.9 Å². The summed E-state index contributed by atoms with van der Waals surface area (Å²) in [6.07, 6.45) is 4.93. The Balaban J connectivity index is 1.50. The summed E-state index contributed by atoms with van der Waals surface area (Å²) in [7, 11) is 0. The average molecular weight is 362 g/mol. The Kier molecular flexibility index (Phi) is 4.84. The van der Waals surface area contributed by atoms with Crippen molar-refractivity contribution in [2.75, 3.05) is 0 Å². The van der Waals surface area contributed by atoms with Crippen LogP contribution >= 0.6 is 0 Å². The molecule has 1 aliphatic rings. The maximum atomic E-state index is 13.1. The molecule has 1 fully saturated rings. The zero-order chi connectivity index (χ0) is 18.8. The molecule has 2 N–H and O–H groups in total. The lowest BCUT2D eigenvalue weighted by Crippen LogP contribution is -2.42. The number of aryl methyl sites for hydroxylation is 1. The van der Waals surface area contributed by atoms with Gasteiger partial charge in [-0.2, -0.15) is 0 Å². The second kappa shape index (κ2) is 7.43. The van der Waals surface area contributed by atoms with Crippen LogP contribution in [0.5, 0.6) is 0 Å². The lowest BCUT2D eigenvalue weighted by atomic mass is 10.1. The normalized spacial score (nSPS) is 14.9. The molecule has 0 saturated heterocycles. The zero-order valence-corrected chi connectivity index (χ0v) is 15.9. The molecule has 0 spiro atoms. The Bertz CT molecular complexity index is 944. The molecule has 0 aliphatic heterocycles. The lowest BCUT2D eigenvalue weighted by molar-refractivity contribution is 0.187. The molecule has 0 radical (unpaired) electrons. The third-order valence-electron chi connectivity index (χ3n) is 5.19. The smallest absolute Gasteiger partial charge is 0.318 e. The van der Waals surface area contributed by atoms with Crippen molar-refractivity contribution in [3.05, 3.63) is 65.6 Å². The number of hydrogen-bond acceptors (Lipinski definition) is 2. The van der Waals surface area contributed by atoms with Crippen molar-refractivity contribution < 1.29 is 4.79 Å². The van der Waals surface area contributed by atoms with E-state index in [2.05, 4.69) is 46.5 Å². The predicted molar refractivity (Wildman–Crippen MR) is 107 cm³/mol. The molecule has 27 heavy (non-hydrogen) atoms. The van der Waals surface area contributed by atoms with E-state index < -0.39 is 0 Å². The van der Waals surface area contributed by atoms with Gasteiger partial charge >= 0.3 is 6.03 Å². The number of rotatable bonds is 6. The summed E-state index contributed by atoms with van der Waals surface area (Å²) in [6, 6.07) is 14.7. The van der Waals surface area contributed by atoms with Crippen LogP contribution in [0.3, 0.4) is 0 Å². The van der Waals surface area contributed by atoms with Gasteiger partial charge in [0.25, 0.3) is 0 Å². The van der Waals surface area contributed by atoms with Gasteiger partial charge in [0.15, 0.2) is 0 Å². The van der Waals surface area contributed by atoms with Gasteiger partial charge < -0.3 is 15.2 Å². The number of amides is 2. The topological polar surface area (TPSA) is 61.0 Å². The number of pyridine rings is 1. The van der Waals surface area contributed by atoms with E-state index in [1.165, 1.54) is 5.39 Å². The Morgan fingerprint density at radius 1 is 1.30 bits per heavy atom. The van der Waals surface area contributed by atoms with Crippen LogP contribution in [0.25, 0.3) is 10.9 Å². The first-order valence-corrected chi connectivity index (χ1v) is 9.70. The van der Waals surface area contributed by atoms with E-state index in [-0.39, 0.29) is 12.1 Å². The van der Waals surface area contributed by atoms with Crippen LogP contribution < -0.4 is 5.32 Å². The van der Waals surface area contributed by atoms with E-state index in [4.69, 9.17) is 0 Å². The van der Waals surface area contributed by atoms with Crippen molar-refractivity contribution >= 4 is 16.9 Å². The van der Waals surface area contributed by atoms with E-state index in [1.807, 2.05) is 36.2 Å². The third-order valence-corrected chi connectivity index (χ3v) is 5.19. The molecule has 1 saturated carbocycles. The summed E-state index contributed by atoms with van der Waals surface area (Å²) in [5.41, 5.74) is 4.18. The van der Waals surface area contributed by atoms with Gasteiger partial charge in [0.2, 0.25) is 0 Å². The fourth-order valence-corrected chi connectivity index (χ4v) is 3.53. The molecule has 1 atom stereocenters. The van der Waals surface area contributed by atoms with E-state index in [0.717, 1.165) is 41.7 Å². The Morgan fingerprint density at radius 2 is 2.15 bits per heavy atom. The second-order valence-electron chi connectivity index (χ2n) is 7.37. The third kappa shape index (κ3) is 3.97. The SMILES string of the molecule is CCC(NC(=O)N(Cc1ccc2[nH]ccc2c1)C1CC1)c1cccc(C)n1. The number of carbonyl (C=O) groups is 1. The Hall–Kier alpha value is -2.82. The van der Waals surface area contributed by atoms with Crippen molar-refractivity contribution in [1.29, 1.82) is 0 Å². The number of urea groups is 1. The molecule has 4 rings (SSSR count). The maximum Gasteiger partial charge on any atom is 0.318 e. The molecule has 3 aromatic rings. The fourth-order valence-electron chi connectivity index (χ4n) is 3.53. The van der Waals surface area contributed by atoms with E-state index in [9.17, 15) is 4.79 Å². The highest BCUT2D eigenvalue weighted by molar-refractivity contribution is 5.80. The van der Waals surface area contributed by atoms with Crippen LogP contribution in [0, 0.1) is 6.92 Å². The van der Waals surface area contributed by atoms with Crippen LogP contribution in [0.15, 0.2) is 48.7 Å². The van der Waals surface area contributed by atoms with Crippen LogP contribution in [0.2, 0.25) is 0 Å². The van der Waals surface area contributed by atoms with Gasteiger partial charge in [-0.25, -0.2) is 4.79 Å². The quantitative estimate of drug-likeness (QED) is 0.668. The molecule has 140 valence electrons. The number of benzene rings is 1. The molecule has 2 aromatic heterocycles. The first-order chi connectivity index (χ1) is 13.1. The van der Waals surface area contributed by atoms with Gasteiger partial charge in [-0.1, -0.05) is 19.1 Å². The number of nitrogens with zero attached hydrogens (tertiary/aromatic N) is 2. The maximum absolute atomic E-state index is 13.1. The van der Waals surface area contributed by atoms with Crippen molar-refractivity contribution in [3.8, 4) is 0 Å². The Labute approximate surface area is 159 Å². The summed E-state index contributed by atoms with van der Waals surface area (Å²) in [5.74, 6) is 0. The summed E-state index contributed by atoms with van der Waals surface area (Å²) in [6.45, 7) is 4.69. The van der Waals surface area contributed by atoms with Gasteiger partial charge in [0, 0.05) is 30.0 Å². The molecule has 5 heteroatoms. The predicted octanol–water partition coefficient (Wildman–Crippen LogP) is 4.70.